The van der Waals surface area contributed by atoms with Gasteiger partial charge in [-0.05, 0) is 44.6 Å². The lowest BCUT2D eigenvalue weighted by Crippen LogP contribution is -2.54. The number of aryl methyl sites for hydroxylation is 2. The summed E-state index contributed by atoms with van der Waals surface area (Å²) in [7, 11) is 0. The summed E-state index contributed by atoms with van der Waals surface area (Å²) in [5.41, 5.74) is 1.25. The van der Waals surface area contributed by atoms with E-state index in [1.165, 1.54) is 10.9 Å². The number of thiophene rings is 1. The monoisotopic (exact) mass is 373 g/mol. The van der Waals surface area contributed by atoms with Crippen LogP contribution in [0.4, 0.5) is 5.82 Å². The van der Waals surface area contributed by atoms with Crippen LogP contribution in [0.2, 0.25) is 0 Å². The van der Waals surface area contributed by atoms with Crippen LogP contribution in [-0.2, 0) is 4.79 Å². The molecule has 2 aromatic heterocycles. The second kappa shape index (κ2) is 7.12. The average Bonchev–Trinajstić information content (AvgIpc) is 3.30. The molecule has 26 heavy (non-hydrogen) atoms. The smallest absolute Gasteiger partial charge is 0.239 e. The highest BCUT2D eigenvalue weighted by molar-refractivity contribution is 7.17. The van der Waals surface area contributed by atoms with Crippen molar-refractivity contribution in [2.24, 2.45) is 0 Å². The number of piperazine rings is 1. The number of carbonyl (C=O) groups is 1. The Morgan fingerprint density at radius 1 is 1.08 bits per heavy atom. The number of fused-ring (bicyclic) bond motifs is 1. The summed E-state index contributed by atoms with van der Waals surface area (Å²) in [6.45, 7) is 11.6. The Hall–Kier alpha value is -1.73. The third kappa shape index (κ3) is 3.18. The van der Waals surface area contributed by atoms with Crippen molar-refractivity contribution in [2.45, 2.75) is 39.7 Å². The topological polar surface area (TPSA) is 52.6 Å². The van der Waals surface area contributed by atoms with Crippen LogP contribution in [0, 0.1) is 13.8 Å². The molecule has 0 aromatic carbocycles. The van der Waals surface area contributed by atoms with E-state index in [0.29, 0.717) is 5.91 Å². The van der Waals surface area contributed by atoms with Crippen LogP contribution in [0.25, 0.3) is 10.2 Å². The van der Waals surface area contributed by atoms with Gasteiger partial charge in [0, 0.05) is 39.3 Å². The lowest BCUT2D eigenvalue weighted by molar-refractivity contribution is -0.135. The van der Waals surface area contributed by atoms with Crippen LogP contribution in [0.15, 0.2) is 5.38 Å². The van der Waals surface area contributed by atoms with Gasteiger partial charge >= 0.3 is 0 Å². The number of anilines is 1. The molecule has 2 aliphatic heterocycles. The van der Waals surface area contributed by atoms with Crippen molar-refractivity contribution >= 4 is 33.3 Å². The summed E-state index contributed by atoms with van der Waals surface area (Å²) in [6.07, 6.45) is 2.30. The highest BCUT2D eigenvalue weighted by Gasteiger charge is 2.30. The number of likely N-dealkylation sites (tertiary alicyclic amines) is 1. The van der Waals surface area contributed by atoms with Crippen molar-refractivity contribution < 1.29 is 4.79 Å². The van der Waals surface area contributed by atoms with Crippen molar-refractivity contribution in [3.05, 3.63) is 16.8 Å². The molecule has 6 nitrogen and oxygen atoms in total. The number of hydrogen-bond acceptors (Lipinski definition) is 6. The van der Waals surface area contributed by atoms with E-state index in [1.807, 2.05) is 11.8 Å². The van der Waals surface area contributed by atoms with Crippen molar-refractivity contribution in [1.82, 2.24) is 19.8 Å². The average molecular weight is 374 g/mol. The van der Waals surface area contributed by atoms with Crippen LogP contribution in [0.5, 0.6) is 0 Å². The molecule has 1 atom stereocenters. The molecule has 1 amide bonds. The minimum atomic E-state index is -0.0229. The second-order valence-electron chi connectivity index (χ2n) is 7.42. The van der Waals surface area contributed by atoms with E-state index in [9.17, 15) is 4.79 Å². The molecule has 0 bridgehead atoms. The van der Waals surface area contributed by atoms with E-state index in [2.05, 4.69) is 34.0 Å². The number of amides is 1. The molecule has 0 saturated carbocycles. The molecular weight excluding hydrogens is 346 g/mol. The Labute approximate surface area is 158 Å². The summed E-state index contributed by atoms with van der Waals surface area (Å²) >= 11 is 1.69. The fourth-order valence-corrected chi connectivity index (χ4v) is 5.04. The third-order valence-electron chi connectivity index (χ3n) is 5.65. The Morgan fingerprint density at radius 2 is 1.77 bits per heavy atom. The van der Waals surface area contributed by atoms with Crippen molar-refractivity contribution in [2.75, 3.05) is 44.2 Å². The zero-order valence-corrected chi connectivity index (χ0v) is 16.7. The molecule has 0 spiro atoms. The molecule has 2 saturated heterocycles. The van der Waals surface area contributed by atoms with Crippen LogP contribution >= 0.6 is 11.3 Å². The minimum Gasteiger partial charge on any atom is -0.353 e. The van der Waals surface area contributed by atoms with Crippen molar-refractivity contribution in [3.8, 4) is 0 Å². The number of hydrogen-bond donors (Lipinski definition) is 0. The summed E-state index contributed by atoms with van der Waals surface area (Å²) in [6, 6.07) is -0.0229. The molecule has 140 valence electrons. The maximum absolute atomic E-state index is 12.7. The van der Waals surface area contributed by atoms with Gasteiger partial charge in [-0.15, -0.1) is 11.3 Å². The van der Waals surface area contributed by atoms with Gasteiger partial charge in [0.05, 0.1) is 11.4 Å². The summed E-state index contributed by atoms with van der Waals surface area (Å²) < 4.78 is 0. The van der Waals surface area contributed by atoms with Gasteiger partial charge in [0.25, 0.3) is 0 Å². The fourth-order valence-electron chi connectivity index (χ4n) is 4.07. The zero-order chi connectivity index (χ0) is 18.3. The van der Waals surface area contributed by atoms with Crippen LogP contribution in [0.1, 0.15) is 31.2 Å². The lowest BCUT2D eigenvalue weighted by Gasteiger charge is -2.39. The number of carbonyl (C=O) groups excluding carboxylic acids is 1. The predicted molar refractivity (Wildman–Crippen MR) is 106 cm³/mol. The zero-order valence-electron chi connectivity index (χ0n) is 15.9. The van der Waals surface area contributed by atoms with Crippen LogP contribution in [0.3, 0.4) is 0 Å². The quantitative estimate of drug-likeness (QED) is 0.827. The summed E-state index contributed by atoms with van der Waals surface area (Å²) in [5.74, 6) is 2.18. The summed E-state index contributed by atoms with van der Waals surface area (Å²) in [4.78, 5) is 29.8. The van der Waals surface area contributed by atoms with E-state index in [-0.39, 0.29) is 6.04 Å². The molecule has 4 rings (SSSR count). The van der Waals surface area contributed by atoms with Gasteiger partial charge in [0.1, 0.15) is 16.5 Å². The molecule has 2 aliphatic rings. The molecule has 0 radical (unpaired) electrons. The van der Waals surface area contributed by atoms with Crippen LogP contribution in [-0.4, -0.2) is 71.0 Å². The van der Waals surface area contributed by atoms with Gasteiger partial charge in [-0.2, -0.15) is 0 Å². The first-order valence-corrected chi connectivity index (χ1v) is 10.4. The first-order valence-electron chi connectivity index (χ1n) is 9.55. The first kappa shape index (κ1) is 17.7. The van der Waals surface area contributed by atoms with Crippen LogP contribution < -0.4 is 4.90 Å². The molecule has 4 heterocycles. The first-order chi connectivity index (χ1) is 12.5. The number of rotatable bonds is 3. The fraction of sp³-hybridized carbons (Fsp3) is 0.632. The molecule has 1 unspecified atom stereocenters. The van der Waals surface area contributed by atoms with Gasteiger partial charge in [-0.1, -0.05) is 0 Å². The minimum absolute atomic E-state index is 0.0229. The number of nitrogens with zero attached hydrogens (tertiary/aromatic N) is 5. The van der Waals surface area contributed by atoms with E-state index in [1.54, 1.807) is 11.3 Å². The highest BCUT2D eigenvalue weighted by atomic mass is 32.1. The molecular formula is C19H27N5OS. The van der Waals surface area contributed by atoms with Gasteiger partial charge in [-0.25, -0.2) is 9.97 Å². The predicted octanol–water partition coefficient (Wildman–Crippen LogP) is 2.44. The van der Waals surface area contributed by atoms with Crippen molar-refractivity contribution in [1.29, 1.82) is 0 Å². The Bertz CT molecular complexity index is 806. The third-order valence-corrected chi connectivity index (χ3v) is 6.64. The molecule has 7 heteroatoms. The van der Waals surface area contributed by atoms with Gasteiger partial charge in [0.2, 0.25) is 5.91 Å². The largest absolute Gasteiger partial charge is 0.353 e. The maximum atomic E-state index is 12.7. The molecule has 0 aliphatic carbocycles. The van der Waals surface area contributed by atoms with Crippen molar-refractivity contribution in [3.63, 3.8) is 0 Å². The molecule has 0 N–H and O–H groups in total. The van der Waals surface area contributed by atoms with Gasteiger partial charge in [0.15, 0.2) is 0 Å². The standard InChI is InChI=1S/C19H27N5OS/c1-13-12-26-18-16(13)17(20-15(3)21-18)23-10-8-22(9-11-23)14(2)19(25)24-6-4-5-7-24/h12,14H,4-11H2,1-3H3. The second-order valence-corrected chi connectivity index (χ2v) is 8.28. The van der Waals surface area contributed by atoms with E-state index < -0.39 is 0 Å². The lowest BCUT2D eigenvalue weighted by atomic mass is 10.2. The SMILES string of the molecule is Cc1nc(N2CCN(C(C)C(=O)N3CCCC3)CC2)c2c(C)csc2n1. The Kier molecular flexibility index (Phi) is 4.84. The van der Waals surface area contributed by atoms with E-state index in [0.717, 1.165) is 68.6 Å². The Balaban J connectivity index is 1.47. The van der Waals surface area contributed by atoms with E-state index >= 15 is 0 Å². The van der Waals surface area contributed by atoms with Gasteiger partial charge < -0.3 is 9.80 Å². The molecule has 2 fully saturated rings. The normalized spacial score (nSPS) is 20.1. The number of aromatic nitrogens is 2. The highest BCUT2D eigenvalue weighted by Crippen LogP contribution is 2.32. The summed E-state index contributed by atoms with van der Waals surface area (Å²) in [5, 5.41) is 3.35. The maximum Gasteiger partial charge on any atom is 0.239 e. The van der Waals surface area contributed by atoms with E-state index in [4.69, 9.17) is 4.98 Å². The Morgan fingerprint density at radius 3 is 2.46 bits per heavy atom. The van der Waals surface area contributed by atoms with Gasteiger partial charge in [-0.3, -0.25) is 9.69 Å². The molecule has 2 aromatic rings.